The van der Waals surface area contributed by atoms with E-state index in [2.05, 4.69) is 5.32 Å². The average molecular weight is 467 g/mol. The molecule has 0 unspecified atom stereocenters. The molecule has 1 aliphatic rings. The molecule has 0 spiro atoms. The molecule has 1 aliphatic heterocycles. The van der Waals surface area contributed by atoms with Crippen LogP contribution in [0.25, 0.3) is 0 Å². The Morgan fingerprint density at radius 2 is 1.65 bits per heavy atom. The first kappa shape index (κ1) is 25.3. The van der Waals surface area contributed by atoms with Crippen LogP contribution in [0.15, 0.2) is 54.6 Å². The highest BCUT2D eigenvalue weighted by atomic mass is 16.5. The molecule has 0 bridgehead atoms. The van der Waals surface area contributed by atoms with E-state index in [1.165, 1.54) is 7.11 Å². The van der Waals surface area contributed by atoms with E-state index < -0.39 is 12.0 Å². The maximum atomic E-state index is 12.7. The van der Waals surface area contributed by atoms with Crippen molar-refractivity contribution in [1.82, 2.24) is 10.2 Å². The Kier molecular flexibility index (Phi) is 9.50. The molecule has 1 saturated heterocycles. The van der Waals surface area contributed by atoms with Crippen molar-refractivity contribution in [3.63, 3.8) is 0 Å². The van der Waals surface area contributed by atoms with Gasteiger partial charge in [-0.1, -0.05) is 42.5 Å². The van der Waals surface area contributed by atoms with Gasteiger partial charge in [-0.15, -0.1) is 0 Å². The molecule has 3 rings (SSSR count). The van der Waals surface area contributed by atoms with Gasteiger partial charge < -0.3 is 19.7 Å². The molecular weight excluding hydrogens is 432 g/mol. The van der Waals surface area contributed by atoms with Gasteiger partial charge in [0.2, 0.25) is 11.8 Å². The fraction of sp³-hybridized carbons (Fsp3) is 0.444. The highest BCUT2D eigenvalue weighted by molar-refractivity contribution is 5.84. The summed E-state index contributed by atoms with van der Waals surface area (Å²) in [4.78, 5) is 39.4. The van der Waals surface area contributed by atoms with E-state index >= 15 is 0 Å². The number of methoxy groups -OCH3 is 2. The summed E-state index contributed by atoms with van der Waals surface area (Å²) in [5.41, 5.74) is 2.07. The lowest BCUT2D eigenvalue weighted by molar-refractivity contribution is -0.145. The van der Waals surface area contributed by atoms with Crippen molar-refractivity contribution in [2.45, 2.75) is 44.6 Å². The first-order valence-corrected chi connectivity index (χ1v) is 11.8. The number of carbonyl (C=O) groups excluding carboxylic acids is 3. The van der Waals surface area contributed by atoms with Gasteiger partial charge >= 0.3 is 5.97 Å². The van der Waals surface area contributed by atoms with Crippen LogP contribution >= 0.6 is 0 Å². The second kappa shape index (κ2) is 12.8. The number of amides is 2. The lowest BCUT2D eigenvalue weighted by Crippen LogP contribution is -2.44. The number of likely N-dealkylation sites (tertiary alicyclic amines) is 1. The predicted molar refractivity (Wildman–Crippen MR) is 129 cm³/mol. The molecule has 1 atom stereocenters. The minimum Gasteiger partial charge on any atom is -0.497 e. The maximum absolute atomic E-state index is 12.7. The van der Waals surface area contributed by atoms with Crippen molar-refractivity contribution in [2.75, 3.05) is 27.3 Å². The van der Waals surface area contributed by atoms with Crippen LogP contribution in [0.4, 0.5) is 0 Å². The number of ether oxygens (including phenoxy) is 2. The van der Waals surface area contributed by atoms with E-state index in [1.807, 2.05) is 59.5 Å². The topological polar surface area (TPSA) is 84.9 Å². The third-order valence-corrected chi connectivity index (χ3v) is 6.33. The molecule has 1 N–H and O–H groups in total. The van der Waals surface area contributed by atoms with Crippen LogP contribution in [0, 0.1) is 5.92 Å². The second-order valence-corrected chi connectivity index (χ2v) is 8.71. The summed E-state index contributed by atoms with van der Waals surface area (Å²) in [5.74, 6) is 0.447. The molecule has 34 heavy (non-hydrogen) atoms. The molecule has 0 aromatic heterocycles. The SMILES string of the molecule is COC(=O)[C@H](Cc1ccc(OC)cc1)NC(=O)CC1CCN(C(=O)CCc2ccccc2)CC1. The normalized spacial score (nSPS) is 14.8. The van der Waals surface area contributed by atoms with Crippen molar-refractivity contribution in [3.05, 3.63) is 65.7 Å². The molecule has 7 nitrogen and oxygen atoms in total. The van der Waals surface area contributed by atoms with E-state index in [-0.39, 0.29) is 17.7 Å². The molecule has 1 fully saturated rings. The second-order valence-electron chi connectivity index (χ2n) is 8.71. The summed E-state index contributed by atoms with van der Waals surface area (Å²) >= 11 is 0. The number of esters is 1. The monoisotopic (exact) mass is 466 g/mol. The first-order chi connectivity index (χ1) is 16.5. The molecule has 182 valence electrons. The zero-order valence-corrected chi connectivity index (χ0v) is 20.0. The molecular formula is C27H34N2O5. The number of hydrogen-bond acceptors (Lipinski definition) is 5. The smallest absolute Gasteiger partial charge is 0.328 e. The van der Waals surface area contributed by atoms with Crippen LogP contribution in [0.2, 0.25) is 0 Å². The number of nitrogens with one attached hydrogen (secondary N) is 1. The number of rotatable bonds is 10. The molecule has 2 aromatic rings. The third-order valence-electron chi connectivity index (χ3n) is 6.33. The molecule has 7 heteroatoms. The first-order valence-electron chi connectivity index (χ1n) is 11.8. The van der Waals surface area contributed by atoms with Gasteiger partial charge in [-0.3, -0.25) is 9.59 Å². The number of aryl methyl sites for hydroxylation is 1. The highest BCUT2D eigenvalue weighted by Gasteiger charge is 2.27. The van der Waals surface area contributed by atoms with Gasteiger partial charge in [0, 0.05) is 32.4 Å². The minimum absolute atomic E-state index is 0.164. The summed E-state index contributed by atoms with van der Waals surface area (Å²) in [7, 11) is 2.91. The Morgan fingerprint density at radius 1 is 0.971 bits per heavy atom. The van der Waals surface area contributed by atoms with Crippen molar-refractivity contribution < 1.29 is 23.9 Å². The number of carbonyl (C=O) groups is 3. The van der Waals surface area contributed by atoms with E-state index in [0.29, 0.717) is 32.4 Å². The van der Waals surface area contributed by atoms with E-state index in [4.69, 9.17) is 9.47 Å². The minimum atomic E-state index is -0.745. The summed E-state index contributed by atoms with van der Waals surface area (Å²) in [5, 5.41) is 2.84. The standard InChI is InChI=1S/C27H34N2O5/c1-33-23-11-8-21(9-12-23)18-24(27(32)34-2)28-25(30)19-22-14-16-29(17-15-22)26(31)13-10-20-6-4-3-5-7-20/h3-9,11-12,22,24H,10,13-19H2,1-2H3,(H,28,30)/t24-/m0/s1. The number of hydrogen-bond donors (Lipinski definition) is 1. The fourth-order valence-corrected chi connectivity index (χ4v) is 4.29. The van der Waals surface area contributed by atoms with Crippen molar-refractivity contribution in [2.24, 2.45) is 5.92 Å². The fourth-order valence-electron chi connectivity index (χ4n) is 4.29. The average Bonchev–Trinajstić information content (AvgIpc) is 2.87. The molecule has 0 saturated carbocycles. The van der Waals surface area contributed by atoms with Crippen LogP contribution < -0.4 is 10.1 Å². The Morgan fingerprint density at radius 3 is 2.26 bits per heavy atom. The van der Waals surface area contributed by atoms with Crippen LogP contribution in [-0.4, -0.2) is 56.0 Å². The van der Waals surface area contributed by atoms with Crippen molar-refractivity contribution >= 4 is 17.8 Å². The van der Waals surface area contributed by atoms with Crippen molar-refractivity contribution in [1.29, 1.82) is 0 Å². The molecule has 2 aromatic carbocycles. The van der Waals surface area contributed by atoms with Crippen LogP contribution in [-0.2, 0) is 32.0 Å². The van der Waals surface area contributed by atoms with Crippen LogP contribution in [0.5, 0.6) is 5.75 Å². The van der Waals surface area contributed by atoms with Gasteiger partial charge in [0.15, 0.2) is 0 Å². The Labute approximate surface area is 201 Å². The van der Waals surface area contributed by atoms with Gasteiger partial charge in [-0.05, 0) is 48.4 Å². The maximum Gasteiger partial charge on any atom is 0.328 e. The number of piperidine rings is 1. The molecule has 1 heterocycles. The third kappa shape index (κ3) is 7.61. The van der Waals surface area contributed by atoms with Gasteiger partial charge in [-0.25, -0.2) is 4.79 Å². The molecule has 0 aliphatic carbocycles. The Hall–Kier alpha value is -3.35. The number of nitrogens with zero attached hydrogens (tertiary/aromatic N) is 1. The lowest BCUT2D eigenvalue weighted by atomic mass is 9.92. The summed E-state index contributed by atoms with van der Waals surface area (Å²) < 4.78 is 10.1. The van der Waals surface area contributed by atoms with Crippen LogP contribution in [0.1, 0.15) is 36.8 Å². The van der Waals surface area contributed by atoms with Gasteiger partial charge in [0.05, 0.1) is 14.2 Å². The van der Waals surface area contributed by atoms with Gasteiger partial charge in [0.1, 0.15) is 11.8 Å². The molecule has 0 radical (unpaired) electrons. The number of benzene rings is 2. The van der Waals surface area contributed by atoms with Gasteiger partial charge in [0.25, 0.3) is 0 Å². The van der Waals surface area contributed by atoms with E-state index in [1.54, 1.807) is 7.11 Å². The summed E-state index contributed by atoms with van der Waals surface area (Å²) in [6.07, 6.45) is 3.49. The summed E-state index contributed by atoms with van der Waals surface area (Å²) in [6.45, 7) is 1.33. The Bertz CT molecular complexity index is 937. The zero-order chi connectivity index (χ0) is 24.3. The molecule has 2 amide bonds. The van der Waals surface area contributed by atoms with Crippen LogP contribution in [0.3, 0.4) is 0 Å². The zero-order valence-electron chi connectivity index (χ0n) is 20.0. The van der Waals surface area contributed by atoms with Gasteiger partial charge in [-0.2, -0.15) is 0 Å². The lowest BCUT2D eigenvalue weighted by Gasteiger charge is -2.32. The van der Waals surface area contributed by atoms with E-state index in [9.17, 15) is 14.4 Å². The predicted octanol–water partition coefficient (Wildman–Crippen LogP) is 3.16. The summed E-state index contributed by atoms with van der Waals surface area (Å²) in [6, 6.07) is 16.6. The Balaban J connectivity index is 1.44. The quantitative estimate of drug-likeness (QED) is 0.544. The van der Waals surface area contributed by atoms with Crippen molar-refractivity contribution in [3.8, 4) is 5.75 Å². The highest BCUT2D eigenvalue weighted by Crippen LogP contribution is 2.22. The van der Waals surface area contributed by atoms with E-state index in [0.717, 1.165) is 36.1 Å². The largest absolute Gasteiger partial charge is 0.497 e.